The van der Waals surface area contributed by atoms with Gasteiger partial charge in [-0.25, -0.2) is 4.68 Å². The Balaban J connectivity index is 1.86. The highest BCUT2D eigenvalue weighted by Gasteiger charge is 2.34. The summed E-state index contributed by atoms with van der Waals surface area (Å²) < 4.78 is 1.62. The van der Waals surface area contributed by atoms with E-state index in [1.165, 1.54) is 11.1 Å². The van der Waals surface area contributed by atoms with E-state index in [0.29, 0.717) is 5.69 Å². The Morgan fingerprint density at radius 3 is 2.81 bits per heavy atom. The van der Waals surface area contributed by atoms with Gasteiger partial charge in [-0.05, 0) is 31.0 Å². The molecule has 0 radical (unpaired) electrons. The molecule has 21 heavy (non-hydrogen) atoms. The second-order valence-corrected chi connectivity index (χ2v) is 4.91. The minimum absolute atomic E-state index is 0.0174. The Morgan fingerprint density at radius 2 is 2.19 bits per heavy atom. The van der Waals surface area contributed by atoms with E-state index in [-0.39, 0.29) is 24.2 Å². The van der Waals surface area contributed by atoms with Crippen LogP contribution in [0.15, 0.2) is 36.8 Å². The molecule has 0 spiro atoms. The molecule has 3 rings (SSSR count). The maximum Gasteiger partial charge on any atom is 0.323 e. The van der Waals surface area contributed by atoms with E-state index in [4.69, 9.17) is 5.11 Å². The Kier molecular flexibility index (Phi) is 3.39. The first-order chi connectivity index (χ1) is 10.1. The highest BCUT2D eigenvalue weighted by atomic mass is 16.4. The van der Waals surface area contributed by atoms with Gasteiger partial charge in [0.25, 0.3) is 5.91 Å². The van der Waals surface area contributed by atoms with Crippen LogP contribution in [0.25, 0.3) is 5.69 Å². The van der Waals surface area contributed by atoms with Crippen molar-refractivity contribution in [3.63, 3.8) is 0 Å². The van der Waals surface area contributed by atoms with Gasteiger partial charge in [0.15, 0.2) is 0 Å². The lowest BCUT2D eigenvalue weighted by molar-refractivity contribution is -0.137. The molecule has 1 saturated carbocycles. The summed E-state index contributed by atoms with van der Waals surface area (Å²) >= 11 is 0. The van der Waals surface area contributed by atoms with E-state index in [1.54, 1.807) is 35.3 Å². The van der Waals surface area contributed by atoms with E-state index < -0.39 is 5.97 Å². The predicted octanol–water partition coefficient (Wildman–Crippen LogP) is 0.956. The molecular weight excluding hydrogens is 272 g/mol. The molecule has 0 aromatic carbocycles. The van der Waals surface area contributed by atoms with Gasteiger partial charge in [-0.15, -0.1) is 0 Å². The minimum Gasteiger partial charge on any atom is -0.480 e. The normalized spacial score (nSPS) is 13.9. The average molecular weight is 286 g/mol. The third-order valence-corrected chi connectivity index (χ3v) is 3.29. The zero-order valence-electron chi connectivity index (χ0n) is 11.2. The standard InChI is InChI=1S/C14H14N4O3/c19-13(20)9-17(10-2-3-10)14(21)12-8-11(4-6-15-12)18-7-1-5-16-18/h1,4-8,10H,2-3,9H2,(H,19,20). The van der Waals surface area contributed by atoms with E-state index in [1.807, 2.05) is 0 Å². The number of nitrogens with zero attached hydrogens (tertiary/aromatic N) is 4. The van der Waals surface area contributed by atoms with Crippen LogP contribution in [0, 0.1) is 0 Å². The Hall–Kier alpha value is -2.70. The number of carbonyl (C=O) groups is 2. The molecule has 2 heterocycles. The van der Waals surface area contributed by atoms with Crippen molar-refractivity contribution in [3.8, 4) is 5.69 Å². The highest BCUT2D eigenvalue weighted by Crippen LogP contribution is 2.28. The van der Waals surface area contributed by atoms with Gasteiger partial charge in [0, 0.05) is 24.6 Å². The summed E-state index contributed by atoms with van der Waals surface area (Å²) in [5, 5.41) is 13.0. The second-order valence-electron chi connectivity index (χ2n) is 4.91. The van der Waals surface area contributed by atoms with Gasteiger partial charge in [-0.3, -0.25) is 14.6 Å². The van der Waals surface area contributed by atoms with Crippen molar-refractivity contribution in [2.24, 2.45) is 0 Å². The van der Waals surface area contributed by atoms with Gasteiger partial charge >= 0.3 is 5.97 Å². The summed E-state index contributed by atoms with van der Waals surface area (Å²) in [6, 6.07) is 5.15. The Bertz CT molecular complexity index is 665. The van der Waals surface area contributed by atoms with Crippen molar-refractivity contribution in [1.82, 2.24) is 19.7 Å². The summed E-state index contributed by atoms with van der Waals surface area (Å²) in [5.41, 5.74) is 0.945. The molecule has 0 atom stereocenters. The van der Waals surface area contributed by atoms with Crippen LogP contribution in [0.1, 0.15) is 23.3 Å². The van der Waals surface area contributed by atoms with Gasteiger partial charge < -0.3 is 10.0 Å². The van der Waals surface area contributed by atoms with Gasteiger partial charge in [-0.1, -0.05) is 0 Å². The van der Waals surface area contributed by atoms with Crippen molar-refractivity contribution < 1.29 is 14.7 Å². The third kappa shape index (κ3) is 2.91. The fourth-order valence-corrected chi connectivity index (χ4v) is 2.15. The van der Waals surface area contributed by atoms with E-state index in [9.17, 15) is 9.59 Å². The lowest BCUT2D eigenvalue weighted by Crippen LogP contribution is -2.37. The van der Waals surface area contributed by atoms with Crippen molar-refractivity contribution in [2.45, 2.75) is 18.9 Å². The summed E-state index contributed by atoms with van der Waals surface area (Å²) in [5.74, 6) is -1.37. The lowest BCUT2D eigenvalue weighted by Gasteiger charge is -2.19. The number of rotatable bonds is 5. The van der Waals surface area contributed by atoms with E-state index in [0.717, 1.165) is 12.8 Å². The molecule has 1 aliphatic rings. The van der Waals surface area contributed by atoms with Crippen LogP contribution in [0.3, 0.4) is 0 Å². The lowest BCUT2D eigenvalue weighted by atomic mass is 10.2. The maximum absolute atomic E-state index is 12.5. The zero-order chi connectivity index (χ0) is 14.8. The quantitative estimate of drug-likeness (QED) is 0.884. The fourth-order valence-electron chi connectivity index (χ4n) is 2.15. The van der Waals surface area contributed by atoms with Crippen molar-refractivity contribution in [3.05, 3.63) is 42.5 Å². The molecule has 0 aliphatic heterocycles. The number of hydrogen-bond donors (Lipinski definition) is 1. The molecular formula is C14H14N4O3. The zero-order valence-corrected chi connectivity index (χ0v) is 11.2. The van der Waals surface area contributed by atoms with Crippen LogP contribution in [0.5, 0.6) is 0 Å². The molecule has 1 amide bonds. The summed E-state index contributed by atoms with van der Waals surface area (Å²) in [6.07, 6.45) is 6.62. The monoisotopic (exact) mass is 286 g/mol. The van der Waals surface area contributed by atoms with Crippen LogP contribution in [-0.2, 0) is 4.79 Å². The number of carboxylic acid groups (broad SMARTS) is 1. The van der Waals surface area contributed by atoms with Crippen molar-refractivity contribution in [2.75, 3.05) is 6.54 Å². The Morgan fingerprint density at radius 1 is 1.38 bits per heavy atom. The largest absolute Gasteiger partial charge is 0.480 e. The molecule has 1 aliphatic carbocycles. The van der Waals surface area contributed by atoms with Crippen LogP contribution >= 0.6 is 0 Å². The molecule has 2 aromatic rings. The summed E-state index contributed by atoms with van der Waals surface area (Å²) in [6.45, 7) is -0.294. The molecule has 0 bridgehead atoms. The predicted molar refractivity (Wildman–Crippen MR) is 73.1 cm³/mol. The van der Waals surface area contributed by atoms with Crippen LogP contribution < -0.4 is 0 Å². The summed E-state index contributed by atoms with van der Waals surface area (Å²) in [7, 11) is 0. The van der Waals surface area contributed by atoms with Gasteiger partial charge in [0.2, 0.25) is 0 Å². The van der Waals surface area contributed by atoms with Crippen LogP contribution in [0.4, 0.5) is 0 Å². The van der Waals surface area contributed by atoms with Gasteiger partial charge in [0.05, 0.1) is 5.69 Å². The molecule has 1 fully saturated rings. The number of aromatic nitrogens is 3. The number of aliphatic carboxylic acids is 1. The fraction of sp³-hybridized carbons (Fsp3) is 0.286. The molecule has 108 valence electrons. The summed E-state index contributed by atoms with van der Waals surface area (Å²) in [4.78, 5) is 28.8. The highest BCUT2D eigenvalue weighted by molar-refractivity contribution is 5.95. The van der Waals surface area contributed by atoms with Crippen molar-refractivity contribution in [1.29, 1.82) is 0 Å². The van der Waals surface area contributed by atoms with E-state index in [2.05, 4.69) is 10.1 Å². The minimum atomic E-state index is -1.02. The number of hydrogen-bond acceptors (Lipinski definition) is 4. The third-order valence-electron chi connectivity index (χ3n) is 3.29. The number of pyridine rings is 1. The second kappa shape index (κ2) is 5.35. The number of amides is 1. The average Bonchev–Trinajstić information content (AvgIpc) is 3.17. The molecule has 7 nitrogen and oxygen atoms in total. The molecule has 1 N–H and O–H groups in total. The SMILES string of the molecule is O=C(O)CN(C(=O)c1cc(-n2cccn2)ccn1)C1CC1. The van der Waals surface area contributed by atoms with Crippen molar-refractivity contribution >= 4 is 11.9 Å². The number of carboxylic acids is 1. The first kappa shape index (κ1) is 13.3. The first-order valence-corrected chi connectivity index (χ1v) is 6.64. The van der Waals surface area contributed by atoms with Crippen LogP contribution in [-0.4, -0.2) is 49.2 Å². The smallest absolute Gasteiger partial charge is 0.323 e. The van der Waals surface area contributed by atoms with Crippen LogP contribution in [0.2, 0.25) is 0 Å². The van der Waals surface area contributed by atoms with Gasteiger partial charge in [0.1, 0.15) is 12.2 Å². The molecule has 0 saturated heterocycles. The topological polar surface area (TPSA) is 88.3 Å². The first-order valence-electron chi connectivity index (χ1n) is 6.64. The van der Waals surface area contributed by atoms with Gasteiger partial charge in [-0.2, -0.15) is 5.10 Å². The van der Waals surface area contributed by atoms with E-state index >= 15 is 0 Å². The molecule has 7 heteroatoms. The molecule has 0 unspecified atom stereocenters. The number of carbonyl (C=O) groups excluding carboxylic acids is 1. The Labute approximate surface area is 120 Å². The molecule has 2 aromatic heterocycles. The maximum atomic E-state index is 12.5.